The van der Waals surface area contributed by atoms with E-state index in [-0.39, 0.29) is 6.09 Å². The Hall–Kier alpha value is -1.03. The van der Waals surface area contributed by atoms with E-state index in [1.165, 1.54) is 5.56 Å². The molecule has 1 aromatic rings. The number of hydrogen-bond donors (Lipinski definition) is 0. The lowest BCUT2D eigenvalue weighted by molar-refractivity contribution is 0.0285. The molecule has 0 unspecified atom stereocenters. The third-order valence-electron chi connectivity index (χ3n) is 2.30. The predicted octanol–water partition coefficient (Wildman–Crippen LogP) is 3.95. The predicted molar refractivity (Wildman–Crippen MR) is 76.8 cm³/mol. The maximum atomic E-state index is 11.8. The standard InChI is InChI=1S/C14H20BrNO2/c1-14(2,3)18-13(17)16(4)10-12-7-5-11(9-15)6-8-12/h5-8H,9-10H2,1-4H3. The second-order valence-electron chi connectivity index (χ2n) is 5.29. The number of alkyl halides is 1. The van der Waals surface area contributed by atoms with Crippen LogP contribution in [0, 0.1) is 0 Å². The molecule has 0 saturated heterocycles. The molecule has 0 bridgehead atoms. The molecule has 1 aromatic carbocycles. The number of carbonyl (C=O) groups is 1. The Kier molecular flexibility index (Phi) is 5.20. The van der Waals surface area contributed by atoms with E-state index >= 15 is 0 Å². The molecule has 0 aromatic heterocycles. The van der Waals surface area contributed by atoms with Crippen molar-refractivity contribution in [2.24, 2.45) is 0 Å². The molecule has 3 nitrogen and oxygen atoms in total. The molecule has 0 aliphatic rings. The van der Waals surface area contributed by atoms with Gasteiger partial charge in [-0.05, 0) is 31.9 Å². The number of benzene rings is 1. The van der Waals surface area contributed by atoms with Gasteiger partial charge in [0.2, 0.25) is 0 Å². The van der Waals surface area contributed by atoms with Crippen molar-refractivity contribution in [2.75, 3.05) is 7.05 Å². The molecule has 1 amide bonds. The molecule has 4 heteroatoms. The van der Waals surface area contributed by atoms with Crippen molar-refractivity contribution in [1.29, 1.82) is 0 Å². The first-order valence-electron chi connectivity index (χ1n) is 5.90. The van der Waals surface area contributed by atoms with Crippen molar-refractivity contribution in [3.05, 3.63) is 35.4 Å². The zero-order valence-electron chi connectivity index (χ0n) is 11.4. The van der Waals surface area contributed by atoms with Gasteiger partial charge in [0.15, 0.2) is 0 Å². The summed E-state index contributed by atoms with van der Waals surface area (Å²) >= 11 is 3.40. The van der Waals surface area contributed by atoms with Crippen LogP contribution in [0.3, 0.4) is 0 Å². The van der Waals surface area contributed by atoms with Gasteiger partial charge in [0.1, 0.15) is 5.60 Å². The van der Waals surface area contributed by atoms with Crippen LogP contribution in [0.1, 0.15) is 31.9 Å². The van der Waals surface area contributed by atoms with E-state index in [0.29, 0.717) is 6.54 Å². The summed E-state index contributed by atoms with van der Waals surface area (Å²) in [6.07, 6.45) is -0.299. The first-order chi connectivity index (χ1) is 8.31. The molecule has 0 aliphatic carbocycles. The monoisotopic (exact) mass is 313 g/mol. The van der Waals surface area contributed by atoms with Gasteiger partial charge in [-0.3, -0.25) is 0 Å². The van der Waals surface area contributed by atoms with E-state index in [1.807, 2.05) is 45.0 Å². The average molecular weight is 314 g/mol. The fraction of sp³-hybridized carbons (Fsp3) is 0.500. The second-order valence-corrected chi connectivity index (χ2v) is 5.85. The number of halogens is 1. The molecule has 0 aliphatic heterocycles. The Labute approximate surface area is 117 Å². The lowest BCUT2D eigenvalue weighted by Gasteiger charge is -2.24. The lowest BCUT2D eigenvalue weighted by Crippen LogP contribution is -2.33. The first kappa shape index (κ1) is 15.0. The van der Waals surface area contributed by atoms with Crippen LogP contribution in [-0.2, 0) is 16.6 Å². The van der Waals surface area contributed by atoms with Gasteiger partial charge in [-0.15, -0.1) is 0 Å². The second kappa shape index (κ2) is 6.23. The molecule has 18 heavy (non-hydrogen) atoms. The van der Waals surface area contributed by atoms with Crippen molar-refractivity contribution >= 4 is 22.0 Å². The van der Waals surface area contributed by atoms with Crippen LogP contribution >= 0.6 is 15.9 Å². The van der Waals surface area contributed by atoms with Gasteiger partial charge in [0.05, 0.1) is 0 Å². The van der Waals surface area contributed by atoms with Crippen LogP contribution in [0.15, 0.2) is 24.3 Å². The molecule has 0 atom stereocenters. The van der Waals surface area contributed by atoms with Crippen LogP contribution in [0.4, 0.5) is 4.79 Å². The fourth-order valence-electron chi connectivity index (χ4n) is 1.41. The highest BCUT2D eigenvalue weighted by Gasteiger charge is 2.19. The van der Waals surface area contributed by atoms with E-state index in [2.05, 4.69) is 15.9 Å². The Balaban J connectivity index is 2.58. The number of carbonyl (C=O) groups excluding carboxylic acids is 1. The molecule has 1 rings (SSSR count). The maximum Gasteiger partial charge on any atom is 0.410 e. The normalized spacial score (nSPS) is 11.2. The molecular weight excluding hydrogens is 294 g/mol. The zero-order valence-corrected chi connectivity index (χ0v) is 13.0. The number of rotatable bonds is 3. The van der Waals surface area contributed by atoms with Crippen LogP contribution in [0.25, 0.3) is 0 Å². The Bertz CT molecular complexity index is 395. The zero-order chi connectivity index (χ0) is 13.8. The smallest absolute Gasteiger partial charge is 0.410 e. The summed E-state index contributed by atoms with van der Waals surface area (Å²) < 4.78 is 5.30. The topological polar surface area (TPSA) is 29.5 Å². The highest BCUT2D eigenvalue weighted by molar-refractivity contribution is 9.08. The van der Waals surface area contributed by atoms with Crippen molar-refractivity contribution in [1.82, 2.24) is 4.90 Å². The Morgan fingerprint density at radius 1 is 1.22 bits per heavy atom. The van der Waals surface area contributed by atoms with E-state index in [1.54, 1.807) is 11.9 Å². The third-order valence-corrected chi connectivity index (χ3v) is 2.95. The largest absolute Gasteiger partial charge is 0.444 e. The molecule has 0 N–H and O–H groups in total. The lowest BCUT2D eigenvalue weighted by atomic mass is 10.1. The Morgan fingerprint density at radius 2 is 1.72 bits per heavy atom. The summed E-state index contributed by atoms with van der Waals surface area (Å²) in [5, 5.41) is 0.842. The van der Waals surface area contributed by atoms with Crippen LogP contribution < -0.4 is 0 Å². The van der Waals surface area contributed by atoms with E-state index in [4.69, 9.17) is 4.74 Å². The van der Waals surface area contributed by atoms with Gasteiger partial charge in [0, 0.05) is 18.9 Å². The molecule has 0 heterocycles. The summed E-state index contributed by atoms with van der Waals surface area (Å²) in [7, 11) is 1.74. The van der Waals surface area contributed by atoms with Crippen molar-refractivity contribution in [3.8, 4) is 0 Å². The number of hydrogen-bond acceptors (Lipinski definition) is 2. The van der Waals surface area contributed by atoms with Crippen molar-refractivity contribution in [2.45, 2.75) is 38.2 Å². The average Bonchev–Trinajstić information content (AvgIpc) is 2.27. The summed E-state index contributed by atoms with van der Waals surface area (Å²) in [6.45, 7) is 6.15. The molecule has 0 spiro atoms. The van der Waals surface area contributed by atoms with Crippen molar-refractivity contribution < 1.29 is 9.53 Å². The number of amides is 1. The van der Waals surface area contributed by atoms with Gasteiger partial charge in [-0.2, -0.15) is 0 Å². The maximum absolute atomic E-state index is 11.8. The van der Waals surface area contributed by atoms with Gasteiger partial charge in [-0.25, -0.2) is 4.79 Å². The number of ether oxygens (including phenoxy) is 1. The summed E-state index contributed by atoms with van der Waals surface area (Å²) in [5.74, 6) is 0. The quantitative estimate of drug-likeness (QED) is 0.791. The minimum absolute atomic E-state index is 0.299. The summed E-state index contributed by atoms with van der Waals surface area (Å²) in [6, 6.07) is 8.15. The SMILES string of the molecule is CN(Cc1ccc(CBr)cc1)C(=O)OC(C)(C)C. The molecule has 0 saturated carbocycles. The van der Waals surface area contributed by atoms with E-state index < -0.39 is 5.60 Å². The summed E-state index contributed by atoms with van der Waals surface area (Å²) in [4.78, 5) is 13.4. The highest BCUT2D eigenvalue weighted by atomic mass is 79.9. The van der Waals surface area contributed by atoms with Crippen molar-refractivity contribution in [3.63, 3.8) is 0 Å². The van der Waals surface area contributed by atoms with Crippen LogP contribution in [0.2, 0.25) is 0 Å². The Morgan fingerprint density at radius 3 is 2.17 bits per heavy atom. The van der Waals surface area contributed by atoms with E-state index in [0.717, 1.165) is 10.9 Å². The molecule has 100 valence electrons. The van der Waals surface area contributed by atoms with Crippen LogP contribution in [0.5, 0.6) is 0 Å². The van der Waals surface area contributed by atoms with Gasteiger partial charge < -0.3 is 9.64 Å². The number of nitrogens with zero attached hydrogens (tertiary/aromatic N) is 1. The fourth-order valence-corrected chi connectivity index (χ4v) is 1.79. The summed E-state index contributed by atoms with van der Waals surface area (Å²) in [5.41, 5.74) is 1.86. The van der Waals surface area contributed by atoms with E-state index in [9.17, 15) is 4.79 Å². The highest BCUT2D eigenvalue weighted by Crippen LogP contribution is 2.13. The third kappa shape index (κ3) is 5.08. The first-order valence-corrected chi connectivity index (χ1v) is 7.02. The van der Waals surface area contributed by atoms with Gasteiger partial charge in [-0.1, -0.05) is 40.2 Å². The van der Waals surface area contributed by atoms with Crippen LogP contribution in [-0.4, -0.2) is 23.6 Å². The molecule has 0 fully saturated rings. The molecule has 0 radical (unpaired) electrons. The minimum atomic E-state index is -0.453. The van der Waals surface area contributed by atoms with Gasteiger partial charge >= 0.3 is 6.09 Å². The molecular formula is C14H20BrNO2. The van der Waals surface area contributed by atoms with Gasteiger partial charge in [0.25, 0.3) is 0 Å². The minimum Gasteiger partial charge on any atom is -0.444 e.